The summed E-state index contributed by atoms with van der Waals surface area (Å²) in [4.78, 5) is 32.3. The molecular weight excluding hydrogens is 280 g/mol. The molecule has 2 fully saturated rings. The van der Waals surface area contributed by atoms with E-state index in [0.717, 1.165) is 31.6 Å². The number of aryl methyl sites for hydroxylation is 1. The fourth-order valence-corrected chi connectivity index (χ4v) is 2.59. The average molecular weight is 302 g/mol. The Balaban J connectivity index is 1.47. The van der Waals surface area contributed by atoms with Gasteiger partial charge < -0.3 is 10.2 Å². The summed E-state index contributed by atoms with van der Waals surface area (Å²) in [5.74, 6) is 0.125. The molecule has 2 aliphatic rings. The van der Waals surface area contributed by atoms with Gasteiger partial charge in [0.1, 0.15) is 0 Å². The molecule has 1 aliphatic carbocycles. The van der Waals surface area contributed by atoms with Crippen molar-refractivity contribution >= 4 is 11.8 Å². The minimum absolute atomic E-state index is 0.0228. The highest BCUT2D eigenvalue weighted by Gasteiger charge is 2.26. The monoisotopic (exact) mass is 302 g/mol. The Bertz CT molecular complexity index is 546. The molecule has 0 aromatic carbocycles. The van der Waals surface area contributed by atoms with Gasteiger partial charge in [0.15, 0.2) is 0 Å². The van der Waals surface area contributed by atoms with E-state index < -0.39 is 0 Å². The number of rotatable bonds is 4. The predicted molar refractivity (Wildman–Crippen MR) is 82.5 cm³/mol. The molecule has 0 spiro atoms. The van der Waals surface area contributed by atoms with Crippen molar-refractivity contribution in [1.82, 2.24) is 20.1 Å². The third-order valence-corrected chi connectivity index (χ3v) is 4.13. The van der Waals surface area contributed by atoms with Crippen molar-refractivity contribution < 1.29 is 9.59 Å². The van der Waals surface area contributed by atoms with Crippen LogP contribution in [0.4, 0.5) is 0 Å². The van der Waals surface area contributed by atoms with Crippen LogP contribution >= 0.6 is 0 Å². The zero-order valence-corrected chi connectivity index (χ0v) is 12.9. The second-order valence-electron chi connectivity index (χ2n) is 6.10. The Morgan fingerprint density at radius 2 is 1.95 bits per heavy atom. The standard InChI is InChI=1S/C16H22N4O2/c1-12-2-3-13(10-17-12)16(22)20-8-6-19(7-9-20)11-15(21)18-14-4-5-14/h2-3,10,14H,4-9,11H2,1H3,(H,18,21). The van der Waals surface area contributed by atoms with Gasteiger partial charge in [-0.05, 0) is 31.9 Å². The van der Waals surface area contributed by atoms with Crippen LogP contribution in [0.5, 0.6) is 0 Å². The summed E-state index contributed by atoms with van der Waals surface area (Å²) in [6.45, 7) is 5.13. The molecule has 1 saturated heterocycles. The van der Waals surface area contributed by atoms with Crippen molar-refractivity contribution in [2.24, 2.45) is 0 Å². The van der Waals surface area contributed by atoms with Crippen molar-refractivity contribution in [3.8, 4) is 0 Å². The minimum atomic E-state index is 0.0228. The van der Waals surface area contributed by atoms with Crippen LogP contribution < -0.4 is 5.32 Å². The molecule has 2 heterocycles. The lowest BCUT2D eigenvalue weighted by molar-refractivity contribution is -0.122. The molecule has 1 aromatic rings. The van der Waals surface area contributed by atoms with E-state index in [-0.39, 0.29) is 11.8 Å². The molecule has 6 nitrogen and oxygen atoms in total. The number of hydrogen-bond acceptors (Lipinski definition) is 4. The third kappa shape index (κ3) is 3.82. The van der Waals surface area contributed by atoms with E-state index in [1.165, 1.54) is 0 Å². The summed E-state index contributed by atoms with van der Waals surface area (Å²) < 4.78 is 0. The highest BCUT2D eigenvalue weighted by atomic mass is 16.2. The summed E-state index contributed by atoms with van der Waals surface area (Å²) in [6, 6.07) is 4.08. The van der Waals surface area contributed by atoms with E-state index in [1.54, 1.807) is 6.20 Å². The fraction of sp³-hybridized carbons (Fsp3) is 0.562. The molecule has 0 unspecified atom stereocenters. The summed E-state index contributed by atoms with van der Waals surface area (Å²) in [7, 11) is 0. The molecule has 1 aromatic heterocycles. The lowest BCUT2D eigenvalue weighted by atomic mass is 10.2. The average Bonchev–Trinajstić information content (AvgIpc) is 3.32. The number of pyridine rings is 1. The Kier molecular flexibility index (Phi) is 4.38. The van der Waals surface area contributed by atoms with E-state index in [9.17, 15) is 9.59 Å². The Labute approximate surface area is 130 Å². The number of hydrogen-bond donors (Lipinski definition) is 1. The lowest BCUT2D eigenvalue weighted by Crippen LogP contribution is -2.51. The Hall–Kier alpha value is -1.95. The number of nitrogens with zero attached hydrogens (tertiary/aromatic N) is 3. The molecular formula is C16H22N4O2. The lowest BCUT2D eigenvalue weighted by Gasteiger charge is -2.34. The molecule has 1 N–H and O–H groups in total. The van der Waals surface area contributed by atoms with E-state index in [1.807, 2.05) is 24.0 Å². The van der Waals surface area contributed by atoms with Crippen LogP contribution in [0, 0.1) is 6.92 Å². The smallest absolute Gasteiger partial charge is 0.255 e. The van der Waals surface area contributed by atoms with Gasteiger partial charge in [0.25, 0.3) is 5.91 Å². The van der Waals surface area contributed by atoms with Gasteiger partial charge in [0.05, 0.1) is 12.1 Å². The van der Waals surface area contributed by atoms with Crippen LogP contribution in [0.3, 0.4) is 0 Å². The minimum Gasteiger partial charge on any atom is -0.352 e. The Morgan fingerprint density at radius 1 is 1.23 bits per heavy atom. The first kappa shape index (κ1) is 15.0. The van der Waals surface area contributed by atoms with E-state index in [4.69, 9.17) is 0 Å². The van der Waals surface area contributed by atoms with E-state index in [2.05, 4.69) is 15.2 Å². The van der Waals surface area contributed by atoms with Crippen molar-refractivity contribution in [3.63, 3.8) is 0 Å². The number of carbonyl (C=O) groups is 2. The number of piperazine rings is 1. The Morgan fingerprint density at radius 3 is 2.55 bits per heavy atom. The predicted octanol–water partition coefficient (Wildman–Crippen LogP) is 0.426. The van der Waals surface area contributed by atoms with E-state index in [0.29, 0.717) is 31.2 Å². The summed E-state index contributed by atoms with van der Waals surface area (Å²) in [6.07, 6.45) is 3.85. The quantitative estimate of drug-likeness (QED) is 0.876. The number of carbonyl (C=O) groups excluding carboxylic acids is 2. The second kappa shape index (κ2) is 6.44. The number of nitrogens with one attached hydrogen (secondary N) is 1. The molecule has 118 valence electrons. The molecule has 0 radical (unpaired) electrons. The largest absolute Gasteiger partial charge is 0.352 e. The van der Waals surface area contributed by atoms with Crippen molar-refractivity contribution in [2.45, 2.75) is 25.8 Å². The SMILES string of the molecule is Cc1ccc(C(=O)N2CCN(CC(=O)NC3CC3)CC2)cn1. The molecule has 1 aliphatic heterocycles. The van der Waals surface area contributed by atoms with Crippen LogP contribution in [0.2, 0.25) is 0 Å². The third-order valence-electron chi connectivity index (χ3n) is 4.13. The van der Waals surface area contributed by atoms with Gasteiger partial charge in [-0.1, -0.05) is 0 Å². The van der Waals surface area contributed by atoms with Gasteiger partial charge in [0.2, 0.25) is 5.91 Å². The van der Waals surface area contributed by atoms with Crippen molar-refractivity contribution in [2.75, 3.05) is 32.7 Å². The van der Waals surface area contributed by atoms with Gasteiger partial charge in [0, 0.05) is 44.1 Å². The number of aromatic nitrogens is 1. The maximum Gasteiger partial charge on any atom is 0.255 e. The van der Waals surface area contributed by atoms with E-state index >= 15 is 0 Å². The fourth-order valence-electron chi connectivity index (χ4n) is 2.59. The van der Waals surface area contributed by atoms with Gasteiger partial charge in [-0.15, -0.1) is 0 Å². The molecule has 6 heteroatoms. The molecule has 3 rings (SSSR count). The van der Waals surface area contributed by atoms with Gasteiger partial charge in [-0.25, -0.2) is 0 Å². The zero-order chi connectivity index (χ0) is 15.5. The molecule has 22 heavy (non-hydrogen) atoms. The maximum absolute atomic E-state index is 12.4. The highest BCUT2D eigenvalue weighted by Crippen LogP contribution is 2.18. The van der Waals surface area contributed by atoms with Crippen molar-refractivity contribution in [1.29, 1.82) is 0 Å². The topological polar surface area (TPSA) is 65.5 Å². The number of amides is 2. The second-order valence-corrected chi connectivity index (χ2v) is 6.10. The van der Waals surface area contributed by atoms with Gasteiger partial charge >= 0.3 is 0 Å². The van der Waals surface area contributed by atoms with Crippen LogP contribution in [0.1, 0.15) is 28.9 Å². The first-order valence-corrected chi connectivity index (χ1v) is 7.85. The normalized spacial score (nSPS) is 19.0. The first-order valence-electron chi connectivity index (χ1n) is 7.85. The molecule has 1 saturated carbocycles. The van der Waals surface area contributed by atoms with Crippen LogP contribution in [0.15, 0.2) is 18.3 Å². The molecule has 2 amide bonds. The summed E-state index contributed by atoms with van der Waals surface area (Å²) in [5, 5.41) is 3.00. The summed E-state index contributed by atoms with van der Waals surface area (Å²) >= 11 is 0. The van der Waals surface area contributed by atoms with Crippen LogP contribution in [0.25, 0.3) is 0 Å². The molecule has 0 atom stereocenters. The maximum atomic E-state index is 12.4. The van der Waals surface area contributed by atoms with Crippen molar-refractivity contribution in [3.05, 3.63) is 29.6 Å². The van der Waals surface area contributed by atoms with Crippen LogP contribution in [-0.2, 0) is 4.79 Å². The highest BCUT2D eigenvalue weighted by molar-refractivity contribution is 5.94. The zero-order valence-electron chi connectivity index (χ0n) is 12.9. The van der Waals surface area contributed by atoms with Gasteiger partial charge in [-0.2, -0.15) is 0 Å². The van der Waals surface area contributed by atoms with Gasteiger partial charge in [-0.3, -0.25) is 19.5 Å². The molecule has 0 bridgehead atoms. The first-order chi connectivity index (χ1) is 10.6. The van der Waals surface area contributed by atoms with Crippen LogP contribution in [-0.4, -0.2) is 65.4 Å². The summed E-state index contributed by atoms with van der Waals surface area (Å²) in [5.41, 5.74) is 1.54.